The van der Waals surface area contributed by atoms with E-state index in [1.807, 2.05) is 12.1 Å². The van der Waals surface area contributed by atoms with E-state index < -0.39 is 10.0 Å². The summed E-state index contributed by atoms with van der Waals surface area (Å²) in [6.45, 7) is 3.39. The number of aliphatic imine (C=N–C) groups is 1. The van der Waals surface area contributed by atoms with Crippen LogP contribution in [0.1, 0.15) is 23.6 Å². The van der Waals surface area contributed by atoms with Gasteiger partial charge in [-0.1, -0.05) is 43.3 Å². The molecular formula is C19H27IN4O2S. The summed E-state index contributed by atoms with van der Waals surface area (Å²) >= 11 is 0. The second-order valence-electron chi connectivity index (χ2n) is 5.75. The summed E-state index contributed by atoms with van der Waals surface area (Å²) in [5.74, 6) is 0.697. The van der Waals surface area contributed by atoms with E-state index in [9.17, 15) is 8.42 Å². The first kappa shape index (κ1) is 23.4. The van der Waals surface area contributed by atoms with Crippen LogP contribution >= 0.6 is 24.0 Å². The summed E-state index contributed by atoms with van der Waals surface area (Å²) in [7, 11) is -0.277. The molecule has 0 radical (unpaired) electrons. The predicted octanol–water partition coefficient (Wildman–Crippen LogP) is 2.64. The third-order valence-corrected chi connectivity index (χ3v) is 5.56. The van der Waals surface area contributed by atoms with Crippen molar-refractivity contribution < 1.29 is 8.42 Å². The lowest BCUT2D eigenvalue weighted by Gasteiger charge is -2.14. The quantitative estimate of drug-likeness (QED) is 0.309. The highest BCUT2D eigenvalue weighted by molar-refractivity contribution is 14.0. The fraction of sp³-hybridized carbons (Fsp3) is 0.316. The Bertz CT molecular complexity index is 852. The Labute approximate surface area is 178 Å². The molecule has 0 aliphatic rings. The van der Waals surface area contributed by atoms with Gasteiger partial charge in [0.15, 0.2) is 5.96 Å². The number of guanidine groups is 1. The number of aryl methyl sites for hydroxylation is 1. The van der Waals surface area contributed by atoms with Crippen molar-refractivity contribution in [1.82, 2.24) is 15.4 Å². The van der Waals surface area contributed by atoms with Gasteiger partial charge in [-0.3, -0.25) is 4.99 Å². The van der Waals surface area contributed by atoms with E-state index in [4.69, 9.17) is 0 Å². The third-order valence-electron chi connectivity index (χ3n) is 4.13. The SMILES string of the molecule is CCc1ccccc1CNC(=NC)NCc1ccc(S(=O)(=O)NC)cc1.I. The van der Waals surface area contributed by atoms with E-state index in [1.165, 1.54) is 18.2 Å². The monoisotopic (exact) mass is 502 g/mol. The van der Waals surface area contributed by atoms with Crippen LogP contribution in [0.4, 0.5) is 0 Å². The molecule has 0 aromatic heterocycles. The molecule has 0 saturated carbocycles. The molecule has 0 heterocycles. The van der Waals surface area contributed by atoms with Crippen LogP contribution in [0, 0.1) is 0 Å². The number of nitrogens with zero attached hydrogens (tertiary/aromatic N) is 1. The minimum absolute atomic E-state index is 0. The summed E-state index contributed by atoms with van der Waals surface area (Å²) in [5.41, 5.74) is 3.54. The fourth-order valence-corrected chi connectivity index (χ4v) is 3.29. The Morgan fingerprint density at radius 2 is 1.56 bits per heavy atom. The maximum atomic E-state index is 11.7. The van der Waals surface area contributed by atoms with Gasteiger partial charge in [-0.25, -0.2) is 13.1 Å². The van der Waals surface area contributed by atoms with E-state index in [-0.39, 0.29) is 28.9 Å². The molecule has 0 amide bonds. The first-order valence-electron chi connectivity index (χ1n) is 8.54. The lowest BCUT2D eigenvalue weighted by molar-refractivity contribution is 0.588. The van der Waals surface area contributed by atoms with Crippen molar-refractivity contribution in [2.45, 2.75) is 31.3 Å². The van der Waals surface area contributed by atoms with Crippen LogP contribution in [0.2, 0.25) is 0 Å². The molecule has 0 saturated heterocycles. The first-order valence-corrected chi connectivity index (χ1v) is 10.0. The lowest BCUT2D eigenvalue weighted by atomic mass is 10.1. The number of halogens is 1. The summed E-state index contributed by atoms with van der Waals surface area (Å²) in [4.78, 5) is 4.48. The second-order valence-corrected chi connectivity index (χ2v) is 7.64. The van der Waals surface area contributed by atoms with Gasteiger partial charge in [-0.2, -0.15) is 0 Å². The minimum Gasteiger partial charge on any atom is -0.352 e. The molecule has 148 valence electrons. The molecular weight excluding hydrogens is 475 g/mol. The number of sulfonamides is 1. The minimum atomic E-state index is -3.40. The van der Waals surface area contributed by atoms with Crippen molar-refractivity contribution in [3.05, 3.63) is 65.2 Å². The standard InChI is InChI=1S/C19H26N4O2S.HI/c1-4-16-7-5-6-8-17(16)14-23-19(20-2)22-13-15-9-11-18(12-10-15)26(24,25)21-3;/h5-12,21H,4,13-14H2,1-3H3,(H2,20,22,23);1H. The molecule has 2 aromatic carbocycles. The van der Waals surface area contributed by atoms with Crippen LogP contribution < -0.4 is 15.4 Å². The highest BCUT2D eigenvalue weighted by Gasteiger charge is 2.10. The van der Waals surface area contributed by atoms with Gasteiger partial charge in [-0.05, 0) is 42.3 Å². The van der Waals surface area contributed by atoms with Crippen molar-refractivity contribution in [3.63, 3.8) is 0 Å². The molecule has 0 aliphatic carbocycles. The van der Waals surface area contributed by atoms with Gasteiger partial charge in [0.2, 0.25) is 10.0 Å². The number of hydrogen-bond donors (Lipinski definition) is 3. The van der Waals surface area contributed by atoms with Crippen LogP contribution in [0.25, 0.3) is 0 Å². The molecule has 0 spiro atoms. The molecule has 6 nitrogen and oxygen atoms in total. The largest absolute Gasteiger partial charge is 0.352 e. The van der Waals surface area contributed by atoms with E-state index >= 15 is 0 Å². The van der Waals surface area contributed by atoms with E-state index in [2.05, 4.69) is 39.4 Å². The number of nitrogens with one attached hydrogen (secondary N) is 3. The van der Waals surface area contributed by atoms with Crippen molar-refractivity contribution in [3.8, 4) is 0 Å². The van der Waals surface area contributed by atoms with Gasteiger partial charge < -0.3 is 10.6 Å². The Kier molecular flexibility index (Phi) is 9.75. The molecule has 0 fully saturated rings. The Morgan fingerprint density at radius 3 is 2.11 bits per heavy atom. The second kappa shape index (κ2) is 11.3. The number of hydrogen-bond acceptors (Lipinski definition) is 3. The van der Waals surface area contributed by atoms with Crippen molar-refractivity contribution in [2.75, 3.05) is 14.1 Å². The van der Waals surface area contributed by atoms with Crippen LogP contribution in [0.3, 0.4) is 0 Å². The zero-order valence-corrected chi connectivity index (χ0v) is 19.0. The van der Waals surface area contributed by atoms with Gasteiger partial charge in [0, 0.05) is 20.1 Å². The zero-order valence-electron chi connectivity index (χ0n) is 15.8. The van der Waals surface area contributed by atoms with Gasteiger partial charge in [0.05, 0.1) is 4.90 Å². The molecule has 2 aromatic rings. The molecule has 8 heteroatoms. The number of benzene rings is 2. The molecule has 0 atom stereocenters. The Hall–Kier alpha value is -1.65. The zero-order chi connectivity index (χ0) is 19.0. The molecule has 2 rings (SSSR count). The van der Waals surface area contributed by atoms with Gasteiger partial charge in [-0.15, -0.1) is 24.0 Å². The van der Waals surface area contributed by atoms with Crippen LogP contribution in [-0.2, 0) is 29.5 Å². The van der Waals surface area contributed by atoms with E-state index in [1.54, 1.807) is 31.3 Å². The van der Waals surface area contributed by atoms with Crippen LogP contribution in [0.5, 0.6) is 0 Å². The number of rotatable bonds is 7. The lowest BCUT2D eigenvalue weighted by Crippen LogP contribution is -2.36. The van der Waals surface area contributed by atoms with Gasteiger partial charge >= 0.3 is 0 Å². The van der Waals surface area contributed by atoms with Gasteiger partial charge in [0.25, 0.3) is 0 Å². The topological polar surface area (TPSA) is 82.6 Å². The molecule has 0 bridgehead atoms. The predicted molar refractivity (Wildman–Crippen MR) is 121 cm³/mol. The Morgan fingerprint density at radius 1 is 0.963 bits per heavy atom. The van der Waals surface area contributed by atoms with E-state index in [0.717, 1.165) is 12.0 Å². The highest BCUT2D eigenvalue weighted by atomic mass is 127. The maximum Gasteiger partial charge on any atom is 0.240 e. The van der Waals surface area contributed by atoms with E-state index in [0.29, 0.717) is 19.0 Å². The Balaban J connectivity index is 0.00000364. The summed E-state index contributed by atoms with van der Waals surface area (Å²) in [6.07, 6.45) is 0.992. The summed E-state index contributed by atoms with van der Waals surface area (Å²) in [6, 6.07) is 15.1. The average Bonchev–Trinajstić information content (AvgIpc) is 2.68. The van der Waals surface area contributed by atoms with Gasteiger partial charge in [0.1, 0.15) is 0 Å². The van der Waals surface area contributed by atoms with Crippen LogP contribution in [0.15, 0.2) is 58.4 Å². The average molecular weight is 502 g/mol. The highest BCUT2D eigenvalue weighted by Crippen LogP contribution is 2.10. The molecule has 27 heavy (non-hydrogen) atoms. The maximum absolute atomic E-state index is 11.7. The van der Waals surface area contributed by atoms with Crippen molar-refractivity contribution in [1.29, 1.82) is 0 Å². The van der Waals surface area contributed by atoms with Crippen molar-refractivity contribution in [2.24, 2.45) is 4.99 Å². The molecule has 3 N–H and O–H groups in total. The molecule has 0 unspecified atom stereocenters. The first-order chi connectivity index (χ1) is 12.5. The summed E-state index contributed by atoms with van der Waals surface area (Å²) < 4.78 is 25.8. The van der Waals surface area contributed by atoms with Crippen LogP contribution in [-0.4, -0.2) is 28.5 Å². The fourth-order valence-electron chi connectivity index (χ4n) is 2.56. The third kappa shape index (κ3) is 6.78. The molecule has 0 aliphatic heterocycles. The van der Waals surface area contributed by atoms with Crippen molar-refractivity contribution >= 4 is 40.0 Å². The smallest absolute Gasteiger partial charge is 0.240 e. The normalized spacial score (nSPS) is 11.6. The summed E-state index contributed by atoms with van der Waals surface area (Å²) in [5, 5.41) is 6.55.